The minimum atomic E-state index is -0.902. The second-order valence-electron chi connectivity index (χ2n) is 10.6. The Hall–Kier alpha value is -3.68. The van der Waals surface area contributed by atoms with Crippen LogP contribution in [-0.2, 0) is 30.3 Å². The van der Waals surface area contributed by atoms with Crippen molar-refractivity contribution in [2.24, 2.45) is 5.92 Å². The van der Waals surface area contributed by atoms with E-state index in [1.807, 2.05) is 80.6 Å². The molecule has 0 aliphatic rings. The molecule has 224 valence electrons. The van der Waals surface area contributed by atoms with Gasteiger partial charge in [-0.2, -0.15) is 0 Å². The Bertz CT molecular complexity index is 1310. The number of carbonyl (C=O) groups is 3. The molecule has 0 aromatic heterocycles. The maximum atomic E-state index is 14.3. The van der Waals surface area contributed by atoms with Gasteiger partial charge in [0.2, 0.25) is 5.91 Å². The minimum absolute atomic E-state index is 0.129. The summed E-state index contributed by atoms with van der Waals surface area (Å²) < 4.78 is 10.4. The zero-order valence-corrected chi connectivity index (χ0v) is 25.8. The van der Waals surface area contributed by atoms with Crippen molar-refractivity contribution in [3.05, 3.63) is 89.4 Å². The number of halogens is 1. The van der Waals surface area contributed by atoms with Gasteiger partial charge in [-0.25, -0.2) is 4.79 Å². The summed E-state index contributed by atoms with van der Waals surface area (Å²) in [4.78, 5) is 41.6. The lowest BCUT2D eigenvalue weighted by molar-refractivity contribution is -0.147. The predicted molar refractivity (Wildman–Crippen MR) is 167 cm³/mol. The van der Waals surface area contributed by atoms with Gasteiger partial charge in [0.15, 0.2) is 0 Å². The third-order valence-corrected chi connectivity index (χ3v) is 7.25. The van der Waals surface area contributed by atoms with Gasteiger partial charge in [0.05, 0.1) is 19.8 Å². The molecule has 7 nitrogen and oxygen atoms in total. The average Bonchev–Trinajstić information content (AvgIpc) is 2.99. The van der Waals surface area contributed by atoms with Crippen molar-refractivity contribution >= 4 is 35.1 Å². The van der Waals surface area contributed by atoms with Crippen LogP contribution in [-0.4, -0.2) is 49.7 Å². The lowest BCUT2D eigenvalue weighted by Crippen LogP contribution is -2.56. The molecule has 3 aromatic rings. The van der Waals surface area contributed by atoms with Crippen molar-refractivity contribution in [2.45, 2.75) is 65.1 Å². The van der Waals surface area contributed by atoms with E-state index in [1.54, 1.807) is 26.0 Å². The molecule has 0 spiro atoms. The van der Waals surface area contributed by atoms with E-state index in [9.17, 15) is 14.4 Å². The highest BCUT2D eigenvalue weighted by Crippen LogP contribution is 2.27. The highest BCUT2D eigenvalue weighted by Gasteiger charge is 2.35. The SMILES string of the molecule is CCOC(=O)[C@H](CCc1ccccc1)N[C@@H](CC(C)C)C(=O)N(c1ccc(-c2cccc(Cl)c2)cc1)[C@@H](C)C(=O)OC. The zero-order chi connectivity index (χ0) is 30.6. The first-order valence-corrected chi connectivity index (χ1v) is 14.8. The standard InChI is InChI=1S/C34H41ClN2O5/c1-6-42-34(40)30(20-15-25-11-8-7-9-12-25)36-31(21-23(2)3)32(38)37(24(4)33(39)41-5)29-18-16-26(17-19-29)27-13-10-14-28(35)22-27/h7-14,16-19,22-24,30-31,36H,6,15,20-21H2,1-5H3/t24-,30-,31-/m0/s1. The fourth-order valence-corrected chi connectivity index (χ4v) is 5.08. The van der Waals surface area contributed by atoms with Crippen LogP contribution in [0.5, 0.6) is 0 Å². The summed E-state index contributed by atoms with van der Waals surface area (Å²) in [5.74, 6) is -1.15. The summed E-state index contributed by atoms with van der Waals surface area (Å²) in [5.41, 5.74) is 3.47. The second kappa shape index (κ2) is 16.1. The Labute approximate surface area is 254 Å². The molecule has 0 bridgehead atoms. The fourth-order valence-electron chi connectivity index (χ4n) is 4.89. The van der Waals surface area contributed by atoms with Crippen LogP contribution in [0.1, 0.15) is 46.1 Å². The molecule has 0 heterocycles. The summed E-state index contributed by atoms with van der Waals surface area (Å²) >= 11 is 6.18. The number of carbonyl (C=O) groups excluding carboxylic acids is 3. The van der Waals surface area contributed by atoms with E-state index in [-0.39, 0.29) is 18.4 Å². The molecule has 0 saturated heterocycles. The normalized spacial score (nSPS) is 13.2. The van der Waals surface area contributed by atoms with Crippen molar-refractivity contribution in [2.75, 3.05) is 18.6 Å². The quantitative estimate of drug-likeness (QED) is 0.216. The Morgan fingerprint density at radius 1 is 0.857 bits per heavy atom. The van der Waals surface area contributed by atoms with Gasteiger partial charge in [0.25, 0.3) is 0 Å². The van der Waals surface area contributed by atoms with E-state index < -0.39 is 30.1 Å². The third kappa shape index (κ3) is 9.16. The van der Waals surface area contributed by atoms with Crippen molar-refractivity contribution in [3.8, 4) is 11.1 Å². The van der Waals surface area contributed by atoms with E-state index in [4.69, 9.17) is 21.1 Å². The highest BCUT2D eigenvalue weighted by molar-refractivity contribution is 6.30. The van der Waals surface area contributed by atoms with Crippen molar-refractivity contribution < 1.29 is 23.9 Å². The number of rotatable bonds is 14. The number of nitrogens with one attached hydrogen (secondary N) is 1. The van der Waals surface area contributed by atoms with Crippen LogP contribution < -0.4 is 10.2 Å². The molecule has 0 fully saturated rings. The summed E-state index contributed by atoms with van der Waals surface area (Å²) in [6.07, 6.45) is 1.53. The highest BCUT2D eigenvalue weighted by atomic mass is 35.5. The molecule has 0 radical (unpaired) electrons. The number of anilines is 1. The van der Waals surface area contributed by atoms with E-state index in [0.29, 0.717) is 30.0 Å². The van der Waals surface area contributed by atoms with Gasteiger partial charge in [-0.3, -0.25) is 19.8 Å². The molecule has 1 N–H and O–H groups in total. The summed E-state index contributed by atoms with van der Waals surface area (Å²) in [5, 5.41) is 3.94. The third-order valence-electron chi connectivity index (χ3n) is 7.01. The molecule has 8 heteroatoms. The maximum Gasteiger partial charge on any atom is 0.328 e. The molecule has 0 saturated carbocycles. The lowest BCUT2D eigenvalue weighted by atomic mass is 9.98. The number of hydrogen-bond acceptors (Lipinski definition) is 6. The van der Waals surface area contributed by atoms with Crippen LogP contribution in [0, 0.1) is 5.92 Å². The van der Waals surface area contributed by atoms with Crippen LogP contribution in [0.3, 0.4) is 0 Å². The summed E-state index contributed by atoms with van der Waals surface area (Å²) in [7, 11) is 1.30. The van der Waals surface area contributed by atoms with Gasteiger partial charge in [-0.05, 0) is 80.0 Å². The van der Waals surface area contributed by atoms with Crippen LogP contribution in [0.4, 0.5) is 5.69 Å². The maximum absolute atomic E-state index is 14.3. The Morgan fingerprint density at radius 2 is 1.55 bits per heavy atom. The molecular formula is C34H41ClN2O5. The van der Waals surface area contributed by atoms with Gasteiger partial charge < -0.3 is 9.47 Å². The fraction of sp³-hybridized carbons (Fsp3) is 0.382. The molecule has 3 atom stereocenters. The van der Waals surface area contributed by atoms with E-state index in [1.165, 1.54) is 12.0 Å². The summed E-state index contributed by atoms with van der Waals surface area (Å²) in [6, 6.07) is 22.4. The largest absolute Gasteiger partial charge is 0.467 e. The lowest BCUT2D eigenvalue weighted by Gasteiger charge is -2.33. The van der Waals surface area contributed by atoms with Gasteiger partial charge >= 0.3 is 11.9 Å². The Kier molecular flexibility index (Phi) is 12.6. The Morgan fingerprint density at radius 3 is 2.14 bits per heavy atom. The minimum Gasteiger partial charge on any atom is -0.467 e. The topological polar surface area (TPSA) is 84.9 Å². The van der Waals surface area contributed by atoms with Gasteiger partial charge in [0, 0.05) is 10.7 Å². The zero-order valence-electron chi connectivity index (χ0n) is 25.0. The molecule has 42 heavy (non-hydrogen) atoms. The molecule has 0 aliphatic heterocycles. The van der Waals surface area contributed by atoms with Crippen molar-refractivity contribution in [1.82, 2.24) is 5.32 Å². The number of hydrogen-bond donors (Lipinski definition) is 1. The number of ether oxygens (including phenoxy) is 2. The van der Waals surface area contributed by atoms with E-state index in [0.717, 1.165) is 16.7 Å². The number of esters is 2. The first-order chi connectivity index (χ1) is 20.1. The molecule has 1 amide bonds. The van der Waals surface area contributed by atoms with Gasteiger partial charge in [-0.1, -0.05) is 80.0 Å². The van der Waals surface area contributed by atoms with Crippen molar-refractivity contribution in [1.29, 1.82) is 0 Å². The molecule has 3 aromatic carbocycles. The first-order valence-electron chi connectivity index (χ1n) is 14.4. The smallest absolute Gasteiger partial charge is 0.328 e. The van der Waals surface area contributed by atoms with Crippen LogP contribution in [0.25, 0.3) is 11.1 Å². The molecular weight excluding hydrogens is 552 g/mol. The number of aryl methyl sites for hydroxylation is 1. The van der Waals surface area contributed by atoms with Crippen LogP contribution >= 0.6 is 11.6 Å². The average molecular weight is 593 g/mol. The number of amides is 1. The summed E-state index contributed by atoms with van der Waals surface area (Å²) in [6.45, 7) is 7.66. The Balaban J connectivity index is 1.95. The second-order valence-corrected chi connectivity index (χ2v) is 11.1. The first kappa shape index (κ1) is 32.8. The van der Waals surface area contributed by atoms with Gasteiger partial charge in [-0.15, -0.1) is 0 Å². The van der Waals surface area contributed by atoms with Crippen LogP contribution in [0.2, 0.25) is 5.02 Å². The van der Waals surface area contributed by atoms with Gasteiger partial charge in [0.1, 0.15) is 12.1 Å². The molecule has 0 aliphatic carbocycles. The van der Waals surface area contributed by atoms with E-state index >= 15 is 0 Å². The van der Waals surface area contributed by atoms with Crippen LogP contribution in [0.15, 0.2) is 78.9 Å². The number of nitrogens with zero attached hydrogens (tertiary/aromatic N) is 1. The van der Waals surface area contributed by atoms with E-state index in [2.05, 4.69) is 5.32 Å². The predicted octanol–water partition coefficient (Wildman–Crippen LogP) is 6.47. The monoisotopic (exact) mass is 592 g/mol. The van der Waals surface area contributed by atoms with Crippen molar-refractivity contribution in [3.63, 3.8) is 0 Å². The number of methoxy groups -OCH3 is 1. The number of benzene rings is 3. The molecule has 0 unspecified atom stereocenters. The molecule has 3 rings (SSSR count).